The largest absolute Gasteiger partial charge is 0.416 e. The highest BCUT2D eigenvalue weighted by Crippen LogP contribution is 2.35. The Morgan fingerprint density at radius 1 is 1.14 bits per heavy atom. The number of hydrogen-bond donors (Lipinski definition) is 1. The minimum atomic E-state index is -4.64. The number of halogens is 4. The summed E-state index contributed by atoms with van der Waals surface area (Å²) in [5.74, 6) is 0.437. The van der Waals surface area contributed by atoms with Gasteiger partial charge >= 0.3 is 6.18 Å². The average molecular weight is 355 g/mol. The average Bonchev–Trinajstić information content (AvgIpc) is 2.97. The number of rotatable bonds is 2. The second-order valence-electron chi connectivity index (χ2n) is 5.67. The lowest BCUT2D eigenvalue weighted by atomic mass is 10.0. The van der Waals surface area contributed by atoms with Gasteiger partial charge < -0.3 is 5.32 Å². The van der Waals surface area contributed by atoms with Gasteiger partial charge in [0, 0.05) is 18.1 Å². The summed E-state index contributed by atoms with van der Waals surface area (Å²) in [5, 5.41) is 2.94. The number of nitrogens with one attached hydrogen (secondary N) is 1. The van der Waals surface area contributed by atoms with Crippen LogP contribution in [0.4, 0.5) is 13.2 Å². The van der Waals surface area contributed by atoms with Crippen LogP contribution >= 0.6 is 11.6 Å². The van der Waals surface area contributed by atoms with Crippen LogP contribution in [-0.2, 0) is 16.2 Å². The Hall–Kier alpha value is -0.830. The molecule has 0 aromatic heterocycles. The number of nitrogens with zero attached hydrogens (tertiary/aromatic N) is 1. The Bertz CT molecular complexity index is 681. The lowest BCUT2D eigenvalue weighted by Gasteiger charge is -2.18. The number of alkyl halides is 3. The molecule has 2 aliphatic rings. The Balaban J connectivity index is 1.94. The van der Waals surface area contributed by atoms with Crippen molar-refractivity contribution in [2.45, 2.75) is 11.1 Å². The molecule has 1 N–H and O–H groups in total. The fourth-order valence-electron chi connectivity index (χ4n) is 3.03. The first-order valence-corrected chi connectivity index (χ1v) is 8.58. The number of benzene rings is 1. The summed E-state index contributed by atoms with van der Waals surface area (Å²) in [6, 6.07) is 2.44. The maximum atomic E-state index is 12.8. The van der Waals surface area contributed by atoms with Gasteiger partial charge in [-0.2, -0.15) is 17.5 Å². The molecule has 0 unspecified atom stereocenters. The summed E-state index contributed by atoms with van der Waals surface area (Å²) in [5.41, 5.74) is -1.06. The van der Waals surface area contributed by atoms with Crippen LogP contribution in [0.2, 0.25) is 5.02 Å². The first kappa shape index (κ1) is 16.0. The lowest BCUT2D eigenvalue weighted by molar-refractivity contribution is -0.137. The Morgan fingerprint density at radius 3 is 2.27 bits per heavy atom. The van der Waals surface area contributed by atoms with Crippen molar-refractivity contribution in [3.05, 3.63) is 28.8 Å². The van der Waals surface area contributed by atoms with Gasteiger partial charge in [-0.25, -0.2) is 8.42 Å². The molecule has 0 amide bonds. The van der Waals surface area contributed by atoms with Gasteiger partial charge in [0.25, 0.3) is 0 Å². The predicted molar refractivity (Wildman–Crippen MR) is 75.1 cm³/mol. The van der Waals surface area contributed by atoms with E-state index in [1.807, 2.05) is 0 Å². The zero-order chi connectivity index (χ0) is 16.1. The Labute approximate surface area is 131 Å². The summed E-state index contributed by atoms with van der Waals surface area (Å²) in [6.45, 7) is 2.13. The van der Waals surface area contributed by atoms with Crippen molar-refractivity contribution in [2.24, 2.45) is 11.8 Å². The van der Waals surface area contributed by atoms with Crippen LogP contribution in [-0.4, -0.2) is 38.9 Å². The Kier molecular flexibility index (Phi) is 3.91. The molecular formula is C13H14ClF3N2O2S. The van der Waals surface area contributed by atoms with Gasteiger partial charge in [-0.05, 0) is 43.1 Å². The highest BCUT2D eigenvalue weighted by atomic mass is 35.5. The van der Waals surface area contributed by atoms with Gasteiger partial charge in [0.1, 0.15) is 0 Å². The monoisotopic (exact) mass is 354 g/mol. The van der Waals surface area contributed by atoms with Crippen molar-refractivity contribution >= 4 is 21.6 Å². The minimum absolute atomic E-state index is 0.219. The van der Waals surface area contributed by atoms with E-state index in [4.69, 9.17) is 11.6 Å². The van der Waals surface area contributed by atoms with Gasteiger partial charge in [0.15, 0.2) is 0 Å². The van der Waals surface area contributed by atoms with Crippen LogP contribution in [0.15, 0.2) is 23.1 Å². The van der Waals surface area contributed by atoms with Crippen LogP contribution in [0, 0.1) is 11.8 Å². The van der Waals surface area contributed by atoms with Crippen molar-refractivity contribution in [2.75, 3.05) is 26.2 Å². The standard InChI is InChI=1S/C13H14ClF3N2O2S/c14-11-1-10(13(15,16)17)2-12(3-11)22(20,21)19-6-8-4-18-5-9(8)7-19/h1-3,8-9,18H,4-7H2/t8-,9+. The molecule has 2 aliphatic heterocycles. The highest BCUT2D eigenvalue weighted by molar-refractivity contribution is 7.89. The number of hydrogen-bond acceptors (Lipinski definition) is 3. The molecule has 22 heavy (non-hydrogen) atoms. The summed E-state index contributed by atoms with van der Waals surface area (Å²) in [6.07, 6.45) is -4.64. The van der Waals surface area contributed by atoms with Gasteiger partial charge in [-0.1, -0.05) is 11.6 Å². The molecule has 4 nitrogen and oxygen atoms in total. The summed E-state index contributed by atoms with van der Waals surface area (Å²) in [7, 11) is -3.96. The molecule has 2 fully saturated rings. The molecule has 0 spiro atoms. The van der Waals surface area contributed by atoms with E-state index < -0.39 is 26.7 Å². The van der Waals surface area contributed by atoms with Crippen LogP contribution in [0.25, 0.3) is 0 Å². The van der Waals surface area contributed by atoms with E-state index in [0.29, 0.717) is 19.2 Å². The van der Waals surface area contributed by atoms with Gasteiger partial charge in [-0.15, -0.1) is 0 Å². The third kappa shape index (κ3) is 2.84. The molecule has 0 aliphatic carbocycles. The van der Waals surface area contributed by atoms with Crippen LogP contribution in [0.3, 0.4) is 0 Å². The van der Waals surface area contributed by atoms with Gasteiger partial charge in [-0.3, -0.25) is 0 Å². The lowest BCUT2D eigenvalue weighted by Crippen LogP contribution is -2.32. The molecule has 1 aromatic carbocycles. The third-order valence-corrected chi connectivity index (χ3v) is 6.22. The van der Waals surface area contributed by atoms with E-state index in [0.717, 1.165) is 25.2 Å². The number of sulfonamides is 1. The first-order valence-electron chi connectivity index (χ1n) is 6.76. The molecule has 0 radical (unpaired) electrons. The van der Waals surface area contributed by atoms with Crippen molar-refractivity contribution in [3.8, 4) is 0 Å². The van der Waals surface area contributed by atoms with Gasteiger partial charge in [0.05, 0.1) is 10.5 Å². The van der Waals surface area contributed by atoms with E-state index >= 15 is 0 Å². The maximum Gasteiger partial charge on any atom is 0.416 e. The zero-order valence-electron chi connectivity index (χ0n) is 11.4. The van der Waals surface area contributed by atoms with E-state index in [1.54, 1.807) is 0 Å². The van der Waals surface area contributed by atoms with Crippen molar-refractivity contribution in [3.63, 3.8) is 0 Å². The van der Waals surface area contributed by atoms with Crippen LogP contribution < -0.4 is 5.32 Å². The van der Waals surface area contributed by atoms with Crippen LogP contribution in [0.1, 0.15) is 5.56 Å². The fraction of sp³-hybridized carbons (Fsp3) is 0.538. The molecule has 122 valence electrons. The molecule has 2 heterocycles. The minimum Gasteiger partial charge on any atom is -0.316 e. The summed E-state index contributed by atoms with van der Waals surface area (Å²) < 4.78 is 64.9. The van der Waals surface area contributed by atoms with Gasteiger partial charge in [0.2, 0.25) is 10.0 Å². The van der Waals surface area contributed by atoms with Crippen molar-refractivity contribution in [1.82, 2.24) is 9.62 Å². The normalized spacial score (nSPS) is 26.4. The highest BCUT2D eigenvalue weighted by Gasteiger charge is 2.42. The fourth-order valence-corrected chi connectivity index (χ4v) is 4.96. The van der Waals surface area contributed by atoms with E-state index in [-0.39, 0.29) is 16.9 Å². The molecule has 3 rings (SSSR count). The molecule has 2 saturated heterocycles. The van der Waals surface area contributed by atoms with Crippen LogP contribution in [0.5, 0.6) is 0 Å². The molecule has 0 saturated carbocycles. The van der Waals surface area contributed by atoms with E-state index in [2.05, 4.69) is 5.32 Å². The summed E-state index contributed by atoms with van der Waals surface area (Å²) >= 11 is 5.67. The molecular weight excluding hydrogens is 341 g/mol. The first-order chi connectivity index (χ1) is 10.2. The second kappa shape index (κ2) is 5.36. The predicted octanol–water partition coefficient (Wildman–Crippen LogP) is 2.20. The maximum absolute atomic E-state index is 12.8. The van der Waals surface area contributed by atoms with Crippen molar-refractivity contribution < 1.29 is 21.6 Å². The van der Waals surface area contributed by atoms with E-state index in [9.17, 15) is 21.6 Å². The number of fused-ring (bicyclic) bond motifs is 1. The smallest absolute Gasteiger partial charge is 0.316 e. The SMILES string of the molecule is O=S(=O)(c1cc(Cl)cc(C(F)(F)F)c1)N1C[C@H]2CNC[C@H]2C1. The molecule has 9 heteroatoms. The molecule has 1 aromatic rings. The Morgan fingerprint density at radius 2 is 1.73 bits per heavy atom. The molecule has 0 bridgehead atoms. The second-order valence-corrected chi connectivity index (χ2v) is 8.05. The zero-order valence-corrected chi connectivity index (χ0v) is 13.0. The molecule has 2 atom stereocenters. The third-order valence-electron chi connectivity index (χ3n) is 4.19. The topological polar surface area (TPSA) is 49.4 Å². The summed E-state index contributed by atoms with van der Waals surface area (Å²) in [4.78, 5) is -0.403. The quantitative estimate of drug-likeness (QED) is 0.885. The van der Waals surface area contributed by atoms with Crippen molar-refractivity contribution in [1.29, 1.82) is 0 Å². The van der Waals surface area contributed by atoms with E-state index in [1.165, 1.54) is 4.31 Å².